The Kier molecular flexibility index (Phi) is 17.5. The second-order valence-electron chi connectivity index (χ2n) is 16.7. The summed E-state index contributed by atoms with van der Waals surface area (Å²) in [6.45, 7) is 9.09. The Labute approximate surface area is 359 Å². The standard InChI is InChI=1S/C47H62N6O8/c1-30(2)39(43(56)49-28-34-21-24-36(60-8)26-38(34)54)51-44(57)40(48-27-32-19-22-35(23-20-32)53(6)7)41(55)37(25-31-15-11-9-12-16-31)50-45(58)42(47(3,4)5)52-46(59)61-29-33-17-13-10-14-18-33/h9-24,26,30,37,39-42,48,54-55H,25,27-29H2,1-8H3,(H,49,56)(H,50,58)(H,51,57)(H,52,59)/t37-,39-,40+,41-,42+/m0/s1. The van der Waals surface area contributed by atoms with Gasteiger partial charge >= 0.3 is 6.09 Å². The van der Waals surface area contributed by atoms with E-state index in [0.29, 0.717) is 11.3 Å². The molecule has 0 saturated heterocycles. The lowest BCUT2D eigenvalue weighted by Crippen LogP contribution is -2.63. The van der Waals surface area contributed by atoms with Crippen molar-refractivity contribution < 1.29 is 38.9 Å². The van der Waals surface area contributed by atoms with E-state index in [4.69, 9.17) is 9.47 Å². The second-order valence-corrected chi connectivity index (χ2v) is 16.7. The molecule has 0 aliphatic carbocycles. The number of anilines is 1. The molecule has 0 aromatic heterocycles. The Morgan fingerprint density at radius 3 is 1.90 bits per heavy atom. The van der Waals surface area contributed by atoms with Crippen LogP contribution in [0, 0.1) is 11.3 Å². The average molecular weight is 839 g/mol. The third kappa shape index (κ3) is 14.5. The van der Waals surface area contributed by atoms with Gasteiger partial charge < -0.3 is 45.9 Å². The van der Waals surface area contributed by atoms with Gasteiger partial charge in [-0.2, -0.15) is 0 Å². The van der Waals surface area contributed by atoms with Crippen LogP contribution in [-0.4, -0.2) is 85.5 Å². The average Bonchev–Trinajstić information content (AvgIpc) is 3.23. The lowest BCUT2D eigenvalue weighted by molar-refractivity contribution is -0.134. The van der Waals surface area contributed by atoms with Crippen LogP contribution in [0.4, 0.5) is 10.5 Å². The first-order chi connectivity index (χ1) is 29.0. The number of nitrogens with zero attached hydrogens (tertiary/aromatic N) is 1. The maximum Gasteiger partial charge on any atom is 0.408 e. The summed E-state index contributed by atoms with van der Waals surface area (Å²) in [7, 11) is 5.34. The summed E-state index contributed by atoms with van der Waals surface area (Å²) in [4.78, 5) is 57.5. The van der Waals surface area contributed by atoms with Crippen molar-refractivity contribution in [3.63, 3.8) is 0 Å². The number of phenols is 1. The summed E-state index contributed by atoms with van der Waals surface area (Å²) >= 11 is 0. The predicted molar refractivity (Wildman–Crippen MR) is 236 cm³/mol. The van der Waals surface area contributed by atoms with Crippen molar-refractivity contribution in [3.8, 4) is 11.5 Å². The molecule has 5 atom stereocenters. The number of phenolic OH excluding ortho intramolecular Hbond substituents is 1. The van der Waals surface area contributed by atoms with Gasteiger partial charge in [0.2, 0.25) is 17.7 Å². The Morgan fingerprint density at radius 1 is 0.721 bits per heavy atom. The zero-order valence-corrected chi connectivity index (χ0v) is 36.4. The molecule has 0 aliphatic heterocycles. The van der Waals surface area contributed by atoms with Crippen molar-refractivity contribution in [1.82, 2.24) is 26.6 Å². The highest BCUT2D eigenvalue weighted by atomic mass is 16.5. The van der Waals surface area contributed by atoms with Gasteiger partial charge in [-0.05, 0) is 58.7 Å². The number of aliphatic hydroxyl groups is 1. The molecule has 14 heteroatoms. The summed E-state index contributed by atoms with van der Waals surface area (Å²) in [5.74, 6) is -1.76. The van der Waals surface area contributed by atoms with Crippen molar-refractivity contribution in [2.75, 3.05) is 26.1 Å². The first-order valence-electron chi connectivity index (χ1n) is 20.4. The molecule has 4 aromatic rings. The van der Waals surface area contributed by atoms with E-state index in [9.17, 15) is 29.4 Å². The first kappa shape index (κ1) is 47.6. The fourth-order valence-electron chi connectivity index (χ4n) is 6.58. The van der Waals surface area contributed by atoms with Gasteiger partial charge in [-0.1, -0.05) is 107 Å². The number of nitrogens with one attached hydrogen (secondary N) is 5. The van der Waals surface area contributed by atoms with Gasteiger partial charge in [0.25, 0.3) is 0 Å². The molecule has 4 aromatic carbocycles. The Hall–Kier alpha value is -6.12. The van der Waals surface area contributed by atoms with E-state index in [1.54, 1.807) is 46.8 Å². The van der Waals surface area contributed by atoms with Crippen LogP contribution in [0.2, 0.25) is 0 Å². The number of carbonyl (C=O) groups is 4. The van der Waals surface area contributed by atoms with Crippen LogP contribution in [0.3, 0.4) is 0 Å². The minimum atomic E-state index is -1.55. The molecule has 0 heterocycles. The molecular formula is C47H62N6O8. The number of amides is 4. The molecule has 61 heavy (non-hydrogen) atoms. The molecule has 0 fully saturated rings. The van der Waals surface area contributed by atoms with Crippen molar-refractivity contribution >= 4 is 29.5 Å². The van der Waals surface area contributed by atoms with E-state index in [1.807, 2.05) is 104 Å². The number of benzene rings is 4. The fraction of sp³-hybridized carbons (Fsp3) is 0.404. The van der Waals surface area contributed by atoms with Gasteiger partial charge in [0, 0.05) is 44.5 Å². The van der Waals surface area contributed by atoms with E-state index in [-0.39, 0.29) is 37.8 Å². The van der Waals surface area contributed by atoms with Crippen molar-refractivity contribution in [3.05, 3.63) is 125 Å². The molecule has 0 saturated carbocycles. The molecule has 4 rings (SSSR count). The lowest BCUT2D eigenvalue weighted by Gasteiger charge is -2.35. The predicted octanol–water partition coefficient (Wildman–Crippen LogP) is 4.81. The highest BCUT2D eigenvalue weighted by molar-refractivity contribution is 5.91. The number of hydrogen-bond acceptors (Lipinski definition) is 10. The number of aromatic hydroxyl groups is 1. The van der Waals surface area contributed by atoms with Gasteiger partial charge in [-0.3, -0.25) is 19.7 Å². The molecule has 7 N–H and O–H groups in total. The van der Waals surface area contributed by atoms with E-state index >= 15 is 0 Å². The second kappa shape index (κ2) is 22.5. The number of carbonyl (C=O) groups excluding carboxylic acids is 4. The topological polar surface area (TPSA) is 191 Å². The summed E-state index contributed by atoms with van der Waals surface area (Å²) in [6.07, 6.45) is -2.23. The third-order valence-corrected chi connectivity index (χ3v) is 10.2. The quantitative estimate of drug-likeness (QED) is 0.0651. The highest BCUT2D eigenvalue weighted by Gasteiger charge is 2.39. The van der Waals surface area contributed by atoms with Crippen LogP contribution in [0.1, 0.15) is 56.9 Å². The van der Waals surface area contributed by atoms with E-state index < -0.39 is 59.5 Å². The first-order valence-corrected chi connectivity index (χ1v) is 20.4. The minimum absolute atomic E-state index is 0.000181. The fourth-order valence-corrected chi connectivity index (χ4v) is 6.58. The van der Waals surface area contributed by atoms with Crippen LogP contribution in [0.5, 0.6) is 11.5 Å². The molecule has 328 valence electrons. The van der Waals surface area contributed by atoms with Crippen LogP contribution in [-0.2, 0) is 45.2 Å². The summed E-state index contributed by atoms with van der Waals surface area (Å²) in [6, 6.07) is 26.2. The van der Waals surface area contributed by atoms with Gasteiger partial charge in [-0.25, -0.2) is 4.79 Å². The molecule has 0 radical (unpaired) electrons. The van der Waals surface area contributed by atoms with E-state index in [1.165, 1.54) is 13.2 Å². The summed E-state index contributed by atoms with van der Waals surface area (Å²) in [5, 5.41) is 37.3. The van der Waals surface area contributed by atoms with Gasteiger partial charge in [0.15, 0.2) is 0 Å². The SMILES string of the molecule is COc1ccc(CNC(=O)[C@@H](NC(=O)[C@H](NCc2ccc(N(C)C)cc2)[C@@H](O)[C@H](Cc2ccccc2)NC(=O)[C@@H](NC(=O)OCc2ccccc2)C(C)(C)C)C(C)C)c(O)c1. The monoisotopic (exact) mass is 838 g/mol. The summed E-state index contributed by atoms with van der Waals surface area (Å²) in [5.41, 5.74) is 3.00. The molecule has 0 unspecified atom stereocenters. The number of aliphatic hydroxyl groups excluding tert-OH is 1. The molecule has 14 nitrogen and oxygen atoms in total. The van der Waals surface area contributed by atoms with Crippen molar-refractivity contribution in [2.45, 2.75) is 91.0 Å². The maximum atomic E-state index is 14.5. The molecule has 0 bridgehead atoms. The van der Waals surface area contributed by atoms with Crippen molar-refractivity contribution in [2.24, 2.45) is 11.3 Å². The van der Waals surface area contributed by atoms with Gasteiger partial charge in [0.1, 0.15) is 36.2 Å². The number of methoxy groups -OCH3 is 1. The van der Waals surface area contributed by atoms with Gasteiger partial charge in [-0.15, -0.1) is 0 Å². The number of hydrogen-bond donors (Lipinski definition) is 7. The minimum Gasteiger partial charge on any atom is -0.507 e. The van der Waals surface area contributed by atoms with E-state index in [2.05, 4.69) is 26.6 Å². The normalized spacial score (nSPS) is 13.8. The Bertz CT molecular complexity index is 2020. The highest BCUT2D eigenvalue weighted by Crippen LogP contribution is 2.24. The largest absolute Gasteiger partial charge is 0.507 e. The van der Waals surface area contributed by atoms with Gasteiger partial charge in [0.05, 0.1) is 19.3 Å². The van der Waals surface area contributed by atoms with Crippen LogP contribution >= 0.6 is 0 Å². The molecular weight excluding hydrogens is 777 g/mol. The zero-order valence-electron chi connectivity index (χ0n) is 36.4. The lowest BCUT2D eigenvalue weighted by atomic mass is 9.85. The van der Waals surface area contributed by atoms with Crippen LogP contribution in [0.15, 0.2) is 103 Å². The summed E-state index contributed by atoms with van der Waals surface area (Å²) < 4.78 is 10.6. The smallest absolute Gasteiger partial charge is 0.408 e. The number of rotatable bonds is 20. The zero-order chi connectivity index (χ0) is 44.7. The number of ether oxygens (including phenoxy) is 2. The maximum absolute atomic E-state index is 14.5. The number of alkyl carbamates (subject to hydrolysis) is 1. The van der Waals surface area contributed by atoms with E-state index in [0.717, 1.165) is 22.4 Å². The van der Waals surface area contributed by atoms with Crippen molar-refractivity contribution in [1.29, 1.82) is 0 Å². The molecule has 4 amide bonds. The Balaban J connectivity index is 1.62. The van der Waals surface area contributed by atoms with Crippen LogP contribution < -0.4 is 36.2 Å². The Morgan fingerprint density at radius 2 is 1.34 bits per heavy atom. The third-order valence-electron chi connectivity index (χ3n) is 10.2. The molecule has 0 aliphatic rings. The van der Waals surface area contributed by atoms with Crippen LogP contribution in [0.25, 0.3) is 0 Å². The molecule has 0 spiro atoms.